The predicted octanol–water partition coefficient (Wildman–Crippen LogP) is 3.56. The Labute approximate surface area is 123 Å². The summed E-state index contributed by atoms with van der Waals surface area (Å²) >= 11 is 0. The van der Waals surface area contributed by atoms with E-state index in [0.717, 1.165) is 18.8 Å². The molecule has 0 radical (unpaired) electrons. The van der Waals surface area contributed by atoms with Crippen molar-refractivity contribution in [1.29, 1.82) is 0 Å². The Balaban J connectivity index is 2.19. The molecule has 1 heterocycles. The number of ether oxygens (including phenoxy) is 1. The van der Waals surface area contributed by atoms with Crippen molar-refractivity contribution in [2.75, 3.05) is 25.1 Å². The summed E-state index contributed by atoms with van der Waals surface area (Å²) in [6.45, 7) is 7.42. The van der Waals surface area contributed by atoms with Gasteiger partial charge in [-0.15, -0.1) is 0 Å². The van der Waals surface area contributed by atoms with Gasteiger partial charge in [0.25, 0.3) is 0 Å². The average Bonchev–Trinajstić information content (AvgIpc) is 2.43. The first kappa shape index (κ1) is 15.2. The fourth-order valence-corrected chi connectivity index (χ4v) is 3.68. The third kappa shape index (κ3) is 2.78. The molecule has 2 N–H and O–H groups in total. The molecule has 112 valence electrons. The lowest BCUT2D eigenvalue weighted by Gasteiger charge is -2.52. The van der Waals surface area contributed by atoms with Gasteiger partial charge in [-0.05, 0) is 24.5 Å². The lowest BCUT2D eigenvalue weighted by Crippen LogP contribution is -2.56. The molecule has 0 unspecified atom stereocenters. The summed E-state index contributed by atoms with van der Waals surface area (Å²) in [7, 11) is 1.74. The first-order valence-electron chi connectivity index (χ1n) is 7.80. The van der Waals surface area contributed by atoms with Crippen molar-refractivity contribution in [2.24, 2.45) is 11.1 Å². The van der Waals surface area contributed by atoms with Gasteiger partial charge in [-0.1, -0.05) is 38.8 Å². The highest BCUT2D eigenvalue weighted by atomic mass is 16.5. The number of hydrogen-bond donors (Lipinski definition) is 1. The van der Waals surface area contributed by atoms with E-state index in [9.17, 15) is 0 Å². The number of para-hydroxylation sites is 1. The summed E-state index contributed by atoms with van der Waals surface area (Å²) in [5.41, 5.74) is 8.80. The number of rotatable bonds is 7. The standard InChI is InChI=1S/C17H28N2O/c1-4-9-17(10-5-2)12-19(13-17)16-14(11-18)7-6-8-15(16)20-3/h6-8H,4-5,9-13,18H2,1-3H3. The summed E-state index contributed by atoms with van der Waals surface area (Å²) in [5, 5.41) is 0. The minimum atomic E-state index is 0.510. The first-order chi connectivity index (χ1) is 9.69. The molecular weight excluding hydrogens is 248 g/mol. The zero-order chi connectivity index (χ0) is 14.6. The molecule has 20 heavy (non-hydrogen) atoms. The summed E-state index contributed by atoms with van der Waals surface area (Å²) in [6, 6.07) is 6.17. The Bertz CT molecular complexity index is 408. The van der Waals surface area contributed by atoms with Crippen LogP contribution in [0, 0.1) is 5.41 Å². The van der Waals surface area contributed by atoms with E-state index in [1.807, 2.05) is 12.1 Å². The van der Waals surface area contributed by atoms with Gasteiger partial charge in [0.1, 0.15) is 5.75 Å². The molecule has 0 amide bonds. The van der Waals surface area contributed by atoms with Crippen LogP contribution in [-0.2, 0) is 6.54 Å². The van der Waals surface area contributed by atoms with E-state index >= 15 is 0 Å². The average molecular weight is 276 g/mol. The minimum Gasteiger partial charge on any atom is -0.495 e. The van der Waals surface area contributed by atoms with Crippen molar-refractivity contribution >= 4 is 5.69 Å². The molecular formula is C17H28N2O. The van der Waals surface area contributed by atoms with Gasteiger partial charge >= 0.3 is 0 Å². The summed E-state index contributed by atoms with van der Waals surface area (Å²) in [5.74, 6) is 0.953. The van der Waals surface area contributed by atoms with Crippen LogP contribution in [0.3, 0.4) is 0 Å². The van der Waals surface area contributed by atoms with E-state index < -0.39 is 0 Å². The molecule has 1 aromatic rings. The Morgan fingerprint density at radius 3 is 2.35 bits per heavy atom. The fraction of sp³-hybridized carbons (Fsp3) is 0.647. The van der Waals surface area contributed by atoms with Crippen LogP contribution in [0.15, 0.2) is 18.2 Å². The molecule has 0 aliphatic carbocycles. The zero-order valence-electron chi connectivity index (χ0n) is 13.1. The van der Waals surface area contributed by atoms with Gasteiger partial charge in [0.05, 0.1) is 12.8 Å². The Morgan fingerprint density at radius 1 is 1.20 bits per heavy atom. The van der Waals surface area contributed by atoms with Crippen LogP contribution in [0.4, 0.5) is 5.69 Å². The van der Waals surface area contributed by atoms with Gasteiger partial charge in [0.2, 0.25) is 0 Å². The zero-order valence-corrected chi connectivity index (χ0v) is 13.1. The van der Waals surface area contributed by atoms with Gasteiger partial charge in [-0.3, -0.25) is 0 Å². The second-order valence-electron chi connectivity index (χ2n) is 6.03. The van der Waals surface area contributed by atoms with Crippen LogP contribution in [0.5, 0.6) is 5.75 Å². The molecule has 1 aliphatic heterocycles. The maximum atomic E-state index is 5.89. The van der Waals surface area contributed by atoms with Crippen molar-refractivity contribution in [1.82, 2.24) is 0 Å². The fourth-order valence-electron chi connectivity index (χ4n) is 3.68. The Morgan fingerprint density at radius 2 is 1.85 bits per heavy atom. The highest BCUT2D eigenvalue weighted by Gasteiger charge is 2.42. The molecule has 2 rings (SSSR count). The van der Waals surface area contributed by atoms with Gasteiger partial charge in [0.15, 0.2) is 0 Å². The van der Waals surface area contributed by atoms with Gasteiger partial charge in [0, 0.05) is 25.0 Å². The Kier molecular flexibility index (Phi) is 4.92. The van der Waals surface area contributed by atoms with Crippen molar-refractivity contribution in [2.45, 2.75) is 46.1 Å². The maximum absolute atomic E-state index is 5.89. The molecule has 3 heteroatoms. The lowest BCUT2D eigenvalue weighted by molar-refractivity contribution is 0.172. The third-order valence-electron chi connectivity index (χ3n) is 4.45. The largest absolute Gasteiger partial charge is 0.495 e. The first-order valence-corrected chi connectivity index (χ1v) is 7.80. The van der Waals surface area contributed by atoms with E-state index in [1.54, 1.807) is 7.11 Å². The highest BCUT2D eigenvalue weighted by molar-refractivity contribution is 5.65. The third-order valence-corrected chi connectivity index (χ3v) is 4.45. The molecule has 1 saturated heterocycles. The lowest BCUT2D eigenvalue weighted by atomic mass is 9.72. The van der Waals surface area contributed by atoms with E-state index in [1.165, 1.54) is 36.9 Å². The molecule has 0 saturated carbocycles. The van der Waals surface area contributed by atoms with Gasteiger partial charge in [-0.25, -0.2) is 0 Å². The van der Waals surface area contributed by atoms with Crippen LogP contribution in [0.25, 0.3) is 0 Å². The van der Waals surface area contributed by atoms with Crippen molar-refractivity contribution in [3.8, 4) is 5.75 Å². The van der Waals surface area contributed by atoms with Crippen LogP contribution in [0.2, 0.25) is 0 Å². The second kappa shape index (κ2) is 6.49. The van der Waals surface area contributed by atoms with Crippen LogP contribution in [0.1, 0.15) is 45.1 Å². The molecule has 1 fully saturated rings. The normalized spacial score (nSPS) is 16.9. The number of benzene rings is 1. The van der Waals surface area contributed by atoms with Crippen molar-refractivity contribution in [3.63, 3.8) is 0 Å². The predicted molar refractivity (Wildman–Crippen MR) is 85.3 cm³/mol. The second-order valence-corrected chi connectivity index (χ2v) is 6.03. The van der Waals surface area contributed by atoms with Crippen molar-refractivity contribution in [3.05, 3.63) is 23.8 Å². The van der Waals surface area contributed by atoms with E-state index in [0.29, 0.717) is 12.0 Å². The minimum absolute atomic E-state index is 0.510. The molecule has 3 nitrogen and oxygen atoms in total. The molecule has 1 aromatic carbocycles. The maximum Gasteiger partial charge on any atom is 0.142 e. The van der Waals surface area contributed by atoms with E-state index in [4.69, 9.17) is 10.5 Å². The highest BCUT2D eigenvalue weighted by Crippen LogP contribution is 2.45. The summed E-state index contributed by atoms with van der Waals surface area (Å²) < 4.78 is 5.54. The van der Waals surface area contributed by atoms with Crippen molar-refractivity contribution < 1.29 is 4.74 Å². The van der Waals surface area contributed by atoms with E-state index in [2.05, 4.69) is 24.8 Å². The number of hydrogen-bond acceptors (Lipinski definition) is 3. The van der Waals surface area contributed by atoms with Gasteiger partial charge in [-0.2, -0.15) is 0 Å². The van der Waals surface area contributed by atoms with Crippen LogP contribution in [-0.4, -0.2) is 20.2 Å². The molecule has 0 aromatic heterocycles. The van der Waals surface area contributed by atoms with Crippen LogP contribution >= 0.6 is 0 Å². The van der Waals surface area contributed by atoms with Crippen LogP contribution < -0.4 is 15.4 Å². The number of anilines is 1. The molecule has 0 bridgehead atoms. The SMILES string of the molecule is CCCC1(CCC)CN(c2c(CN)cccc2OC)C1. The molecule has 1 aliphatic rings. The smallest absolute Gasteiger partial charge is 0.142 e. The summed E-state index contributed by atoms with van der Waals surface area (Å²) in [4.78, 5) is 2.45. The summed E-state index contributed by atoms with van der Waals surface area (Å²) in [6.07, 6.45) is 5.18. The van der Waals surface area contributed by atoms with Gasteiger partial charge < -0.3 is 15.4 Å². The molecule has 0 atom stereocenters. The quantitative estimate of drug-likeness (QED) is 0.827. The number of nitrogens with two attached hydrogens (primary N) is 1. The number of nitrogens with zero attached hydrogens (tertiary/aromatic N) is 1. The Hall–Kier alpha value is -1.22. The molecule has 0 spiro atoms. The monoisotopic (exact) mass is 276 g/mol. The topological polar surface area (TPSA) is 38.5 Å². The van der Waals surface area contributed by atoms with E-state index in [-0.39, 0.29) is 0 Å². The number of methoxy groups -OCH3 is 1.